The van der Waals surface area contributed by atoms with Crippen molar-refractivity contribution in [2.45, 2.75) is 61.1 Å². The molecule has 204 valence electrons. The normalized spacial score (nSPS) is 20.5. The van der Waals surface area contributed by atoms with E-state index >= 15 is 4.39 Å². The fourth-order valence-corrected chi connectivity index (χ4v) is 6.35. The number of halogens is 5. The van der Waals surface area contributed by atoms with Gasteiger partial charge in [0.1, 0.15) is 22.0 Å². The van der Waals surface area contributed by atoms with E-state index in [-0.39, 0.29) is 23.4 Å². The fourth-order valence-electron chi connectivity index (χ4n) is 4.28. The second kappa shape index (κ2) is 9.54. The number of rotatable bonds is 5. The molecule has 1 aliphatic rings. The van der Waals surface area contributed by atoms with Crippen molar-refractivity contribution >= 4 is 15.9 Å². The molecule has 3 rings (SSSR count). The zero-order valence-corrected chi connectivity index (χ0v) is 21.8. The lowest BCUT2D eigenvalue weighted by Gasteiger charge is -2.33. The maximum Gasteiger partial charge on any atom is 0.421 e. The topological polar surface area (TPSA) is 72.9 Å². The number of amides is 1. The number of ether oxygens (including phenoxy) is 2. The van der Waals surface area contributed by atoms with Gasteiger partial charge in [-0.2, -0.15) is 13.2 Å². The molecule has 0 aromatic heterocycles. The van der Waals surface area contributed by atoms with Crippen LogP contribution in [0.1, 0.15) is 45.2 Å². The molecule has 0 spiro atoms. The third-order valence-electron chi connectivity index (χ3n) is 6.48. The van der Waals surface area contributed by atoms with Crippen molar-refractivity contribution < 1.29 is 44.6 Å². The minimum absolute atomic E-state index is 0.0863. The van der Waals surface area contributed by atoms with Crippen molar-refractivity contribution in [1.82, 2.24) is 4.90 Å². The Morgan fingerprint density at radius 3 is 2.08 bits per heavy atom. The quantitative estimate of drug-likeness (QED) is 0.354. The van der Waals surface area contributed by atoms with Gasteiger partial charge in [-0.25, -0.2) is 22.0 Å². The molecule has 1 unspecified atom stereocenters. The minimum Gasteiger partial charge on any atom is -0.444 e. The van der Waals surface area contributed by atoms with Crippen molar-refractivity contribution in [2.75, 3.05) is 20.2 Å². The van der Waals surface area contributed by atoms with Crippen LogP contribution in [0.25, 0.3) is 0 Å². The van der Waals surface area contributed by atoms with E-state index in [9.17, 15) is 30.8 Å². The predicted octanol–water partition coefficient (Wildman–Crippen LogP) is 5.70. The molecule has 2 atom stereocenters. The average molecular weight is 550 g/mol. The number of hydrogen-bond donors (Lipinski definition) is 0. The summed E-state index contributed by atoms with van der Waals surface area (Å²) in [6.07, 6.45) is -5.97. The molecule has 6 nitrogen and oxygen atoms in total. The van der Waals surface area contributed by atoms with Crippen molar-refractivity contribution in [2.24, 2.45) is 0 Å². The molecule has 0 saturated carbocycles. The van der Waals surface area contributed by atoms with Gasteiger partial charge in [-0.05, 0) is 70.0 Å². The van der Waals surface area contributed by atoms with Crippen LogP contribution in [0.15, 0.2) is 47.4 Å². The summed E-state index contributed by atoms with van der Waals surface area (Å²) in [5, 5.41) is 0. The summed E-state index contributed by atoms with van der Waals surface area (Å²) < 4.78 is 106. The number of methoxy groups -OCH3 is 1. The Morgan fingerprint density at radius 1 is 1.00 bits per heavy atom. The van der Waals surface area contributed by atoms with Gasteiger partial charge in [-0.15, -0.1) is 0 Å². The maximum atomic E-state index is 15.3. The molecule has 0 aliphatic carbocycles. The zero-order chi connectivity index (χ0) is 28.0. The molecule has 0 radical (unpaired) electrons. The van der Waals surface area contributed by atoms with Gasteiger partial charge in [-0.3, -0.25) is 0 Å². The van der Waals surface area contributed by atoms with Crippen LogP contribution in [0.4, 0.5) is 26.7 Å². The van der Waals surface area contributed by atoms with Gasteiger partial charge in [0.15, 0.2) is 15.4 Å². The number of nitrogens with zero attached hydrogens (tertiary/aromatic N) is 1. The smallest absolute Gasteiger partial charge is 0.421 e. The first-order valence-corrected chi connectivity index (χ1v) is 12.8. The van der Waals surface area contributed by atoms with Gasteiger partial charge in [-0.1, -0.05) is 12.1 Å². The summed E-state index contributed by atoms with van der Waals surface area (Å²) in [5.74, 6) is -2.01. The lowest BCUT2D eigenvalue weighted by atomic mass is 9.90. The van der Waals surface area contributed by atoms with Crippen LogP contribution in [-0.2, 0) is 29.7 Å². The molecule has 1 saturated heterocycles. The monoisotopic (exact) mass is 549 g/mol. The van der Waals surface area contributed by atoms with Crippen molar-refractivity contribution in [3.63, 3.8) is 0 Å². The number of likely N-dealkylation sites (tertiary alicyclic amines) is 1. The highest BCUT2D eigenvalue weighted by Crippen LogP contribution is 2.47. The summed E-state index contributed by atoms with van der Waals surface area (Å²) >= 11 is 0. The highest BCUT2D eigenvalue weighted by molar-refractivity contribution is 7.92. The summed E-state index contributed by atoms with van der Waals surface area (Å²) in [5.41, 5.74) is -4.86. The highest BCUT2D eigenvalue weighted by atomic mass is 32.2. The van der Waals surface area contributed by atoms with E-state index in [0.29, 0.717) is 6.92 Å². The Bertz CT molecular complexity index is 1270. The van der Waals surface area contributed by atoms with E-state index in [1.807, 2.05) is 0 Å². The van der Waals surface area contributed by atoms with Crippen LogP contribution in [0.2, 0.25) is 0 Å². The highest BCUT2D eigenvalue weighted by Gasteiger charge is 2.56. The number of hydrogen-bond acceptors (Lipinski definition) is 5. The van der Waals surface area contributed by atoms with Gasteiger partial charge >= 0.3 is 12.3 Å². The standard InChI is InChI=1S/C25H28F5NO5S/c1-22(2,3)36-21(32)31-13-12-24(15-31,37(33,34)18-9-7-17(26)8-10-18)16-6-11-19(20(27)14-16)23(4,35-5)25(28,29)30/h6-11,14H,12-13,15H2,1-5H3/t23?,24-/m0/s1. The fraction of sp³-hybridized carbons (Fsp3) is 0.480. The number of benzene rings is 2. The predicted molar refractivity (Wildman–Crippen MR) is 125 cm³/mol. The lowest BCUT2D eigenvalue weighted by Crippen LogP contribution is -2.43. The number of sulfone groups is 1. The molecule has 2 aromatic rings. The van der Waals surface area contributed by atoms with E-state index in [2.05, 4.69) is 4.74 Å². The summed E-state index contributed by atoms with van der Waals surface area (Å²) in [6, 6.07) is 6.60. The zero-order valence-electron chi connectivity index (χ0n) is 20.9. The molecule has 2 aromatic carbocycles. The van der Waals surface area contributed by atoms with E-state index in [1.165, 1.54) is 0 Å². The van der Waals surface area contributed by atoms with E-state index in [1.54, 1.807) is 20.8 Å². The van der Waals surface area contributed by atoms with Gasteiger partial charge in [0.2, 0.25) is 0 Å². The molecule has 1 heterocycles. The van der Waals surface area contributed by atoms with Gasteiger partial charge < -0.3 is 14.4 Å². The second-order valence-corrected chi connectivity index (χ2v) is 12.3. The number of carbonyl (C=O) groups is 1. The van der Waals surface area contributed by atoms with E-state index in [0.717, 1.165) is 54.5 Å². The van der Waals surface area contributed by atoms with Gasteiger partial charge in [0.25, 0.3) is 0 Å². The minimum atomic E-state index is -4.97. The molecule has 37 heavy (non-hydrogen) atoms. The Labute approximate surface area is 212 Å². The van der Waals surface area contributed by atoms with Crippen LogP contribution in [0.3, 0.4) is 0 Å². The van der Waals surface area contributed by atoms with E-state index < -0.39 is 61.8 Å². The summed E-state index contributed by atoms with van der Waals surface area (Å²) in [6.45, 7) is 5.01. The van der Waals surface area contributed by atoms with Crippen molar-refractivity contribution in [3.05, 3.63) is 65.2 Å². The molecule has 12 heteroatoms. The molecule has 0 N–H and O–H groups in total. The van der Waals surface area contributed by atoms with Crippen molar-refractivity contribution in [3.8, 4) is 0 Å². The lowest BCUT2D eigenvalue weighted by molar-refractivity contribution is -0.270. The van der Waals surface area contributed by atoms with Crippen LogP contribution in [-0.4, -0.2) is 51.4 Å². The molecule has 1 amide bonds. The van der Waals surface area contributed by atoms with Crippen LogP contribution >= 0.6 is 0 Å². The van der Waals surface area contributed by atoms with Crippen molar-refractivity contribution in [1.29, 1.82) is 0 Å². The molecular weight excluding hydrogens is 521 g/mol. The SMILES string of the molecule is COC(C)(c1ccc([C@]2(S(=O)(=O)c3ccc(F)cc3)CCN(C(=O)OC(C)(C)C)C2)cc1F)C(F)(F)F. The van der Waals surface area contributed by atoms with Crippen LogP contribution < -0.4 is 0 Å². The summed E-state index contributed by atoms with van der Waals surface area (Å²) in [4.78, 5) is 13.6. The van der Waals surface area contributed by atoms with Gasteiger partial charge in [0, 0.05) is 25.8 Å². The third-order valence-corrected chi connectivity index (χ3v) is 8.97. The first-order valence-electron chi connectivity index (χ1n) is 11.3. The van der Waals surface area contributed by atoms with E-state index in [4.69, 9.17) is 4.74 Å². The molecule has 0 bridgehead atoms. The Balaban J connectivity index is 2.17. The Kier molecular flexibility index (Phi) is 7.43. The maximum absolute atomic E-state index is 15.3. The van der Waals surface area contributed by atoms with Crippen LogP contribution in [0, 0.1) is 11.6 Å². The largest absolute Gasteiger partial charge is 0.444 e. The number of carbonyl (C=O) groups excluding carboxylic acids is 1. The molecular formula is C25H28F5NO5S. The van der Waals surface area contributed by atoms with Crippen LogP contribution in [0.5, 0.6) is 0 Å². The third kappa shape index (κ3) is 5.18. The van der Waals surface area contributed by atoms with Gasteiger partial charge in [0.05, 0.1) is 4.90 Å². The summed E-state index contributed by atoms with van der Waals surface area (Å²) in [7, 11) is -3.63. The first-order chi connectivity index (χ1) is 16.9. The Morgan fingerprint density at radius 2 is 1.59 bits per heavy atom. The first kappa shape index (κ1) is 28.8. The Hall–Kier alpha value is -2.73. The number of alkyl halides is 3. The molecule has 1 fully saturated rings. The average Bonchev–Trinajstić information content (AvgIpc) is 3.24. The molecule has 1 aliphatic heterocycles. The second-order valence-electron chi connectivity index (χ2n) is 10.0.